The van der Waals surface area contributed by atoms with Gasteiger partial charge in [0.05, 0.1) is 10.6 Å². The lowest BCUT2D eigenvalue weighted by molar-refractivity contribution is -0.0957. The van der Waals surface area contributed by atoms with Gasteiger partial charge in [-0.15, -0.1) is 0 Å². The monoisotopic (exact) mass is 290 g/mol. The topological polar surface area (TPSA) is 33.2 Å². The highest BCUT2D eigenvalue weighted by molar-refractivity contribution is 6.33. The van der Waals surface area contributed by atoms with Crippen molar-refractivity contribution in [1.82, 2.24) is 9.88 Å². The summed E-state index contributed by atoms with van der Waals surface area (Å²) in [6.07, 6.45) is -0.729. The van der Waals surface area contributed by atoms with E-state index in [2.05, 4.69) is 4.98 Å². The standard InChI is InChI=1S/C12H10ClF3N2O/c13-10-7-17-4-1-9(10)11(19)18-5-2-8(3-6-18)12(14,15)16/h1-2,4,7H,3,5-6H2. The Morgan fingerprint density at radius 2 is 2.16 bits per heavy atom. The molecule has 0 spiro atoms. The van der Waals surface area contributed by atoms with Crippen molar-refractivity contribution < 1.29 is 18.0 Å². The zero-order chi connectivity index (χ0) is 14.0. The van der Waals surface area contributed by atoms with Crippen molar-refractivity contribution in [2.75, 3.05) is 13.1 Å². The van der Waals surface area contributed by atoms with Crippen LogP contribution in [0.15, 0.2) is 30.1 Å². The first-order valence-electron chi connectivity index (χ1n) is 5.54. The minimum atomic E-state index is -4.32. The summed E-state index contributed by atoms with van der Waals surface area (Å²) in [7, 11) is 0. The maximum absolute atomic E-state index is 12.5. The van der Waals surface area contributed by atoms with Crippen molar-refractivity contribution in [3.8, 4) is 0 Å². The summed E-state index contributed by atoms with van der Waals surface area (Å²) in [5.41, 5.74) is -0.335. The molecule has 1 aromatic heterocycles. The summed E-state index contributed by atoms with van der Waals surface area (Å²) in [5.74, 6) is -0.384. The Kier molecular flexibility index (Phi) is 3.80. The lowest BCUT2D eigenvalue weighted by Gasteiger charge is -2.27. The first-order valence-corrected chi connectivity index (χ1v) is 5.92. The van der Waals surface area contributed by atoms with Gasteiger partial charge >= 0.3 is 6.18 Å². The summed E-state index contributed by atoms with van der Waals surface area (Å²) in [6, 6.07) is 1.45. The summed E-state index contributed by atoms with van der Waals surface area (Å²) < 4.78 is 37.4. The van der Waals surface area contributed by atoms with Crippen LogP contribution < -0.4 is 0 Å². The number of rotatable bonds is 1. The number of alkyl halides is 3. The van der Waals surface area contributed by atoms with Crippen LogP contribution in [-0.4, -0.2) is 35.1 Å². The Hall–Kier alpha value is -1.56. The van der Waals surface area contributed by atoms with E-state index in [1.165, 1.54) is 23.4 Å². The quantitative estimate of drug-likeness (QED) is 0.745. The van der Waals surface area contributed by atoms with Gasteiger partial charge in [-0.3, -0.25) is 9.78 Å². The summed E-state index contributed by atoms with van der Waals surface area (Å²) in [6.45, 7) is -0.0326. The number of aromatic nitrogens is 1. The molecule has 102 valence electrons. The Bertz CT molecular complexity index is 528. The maximum Gasteiger partial charge on any atom is 0.412 e. The van der Waals surface area contributed by atoms with Crippen molar-refractivity contribution >= 4 is 17.5 Å². The zero-order valence-corrected chi connectivity index (χ0v) is 10.5. The Balaban J connectivity index is 2.13. The lowest BCUT2D eigenvalue weighted by atomic mass is 10.1. The molecule has 0 aliphatic carbocycles. The molecule has 0 saturated carbocycles. The molecular weight excluding hydrogens is 281 g/mol. The Labute approximate surface area is 112 Å². The van der Waals surface area contributed by atoms with E-state index in [9.17, 15) is 18.0 Å². The fraction of sp³-hybridized carbons (Fsp3) is 0.333. The molecule has 0 radical (unpaired) electrons. The van der Waals surface area contributed by atoms with Crippen LogP contribution >= 0.6 is 11.6 Å². The summed E-state index contributed by atoms with van der Waals surface area (Å²) >= 11 is 5.83. The largest absolute Gasteiger partial charge is 0.412 e. The first kappa shape index (κ1) is 13.9. The molecule has 1 aliphatic heterocycles. The average molecular weight is 291 g/mol. The highest BCUT2D eigenvalue weighted by atomic mass is 35.5. The van der Waals surface area contributed by atoms with Crippen molar-refractivity contribution in [1.29, 1.82) is 0 Å². The number of carbonyl (C=O) groups excluding carboxylic acids is 1. The van der Waals surface area contributed by atoms with Gasteiger partial charge < -0.3 is 4.90 Å². The van der Waals surface area contributed by atoms with Gasteiger partial charge in [-0.2, -0.15) is 13.2 Å². The fourth-order valence-corrected chi connectivity index (χ4v) is 2.03. The number of nitrogens with zero attached hydrogens (tertiary/aromatic N) is 2. The summed E-state index contributed by atoms with van der Waals surface area (Å²) in [5, 5.41) is 0.193. The van der Waals surface area contributed by atoms with Crippen LogP contribution in [0.2, 0.25) is 5.02 Å². The van der Waals surface area contributed by atoms with Crippen LogP contribution in [0, 0.1) is 0 Å². The number of halogens is 4. The molecule has 1 amide bonds. The highest BCUT2D eigenvalue weighted by Gasteiger charge is 2.35. The third-order valence-electron chi connectivity index (χ3n) is 2.86. The highest BCUT2D eigenvalue weighted by Crippen LogP contribution is 2.30. The van der Waals surface area contributed by atoms with Crippen LogP contribution in [0.3, 0.4) is 0 Å². The second-order valence-corrected chi connectivity index (χ2v) is 4.49. The van der Waals surface area contributed by atoms with Gasteiger partial charge in [-0.25, -0.2) is 0 Å². The van der Waals surface area contributed by atoms with E-state index in [1.807, 2.05) is 0 Å². The molecule has 0 aromatic carbocycles. The number of pyridine rings is 1. The molecular formula is C12H10ClF3N2O. The van der Waals surface area contributed by atoms with E-state index in [-0.39, 0.29) is 36.0 Å². The van der Waals surface area contributed by atoms with Crippen molar-refractivity contribution in [2.45, 2.75) is 12.6 Å². The molecule has 19 heavy (non-hydrogen) atoms. The number of carbonyl (C=O) groups is 1. The van der Waals surface area contributed by atoms with Gasteiger partial charge in [0, 0.05) is 31.1 Å². The zero-order valence-electron chi connectivity index (χ0n) is 9.75. The second kappa shape index (κ2) is 5.21. The number of hydrogen-bond acceptors (Lipinski definition) is 2. The molecule has 0 fully saturated rings. The predicted molar refractivity (Wildman–Crippen MR) is 63.9 cm³/mol. The SMILES string of the molecule is O=C(c1ccncc1Cl)N1CC=C(C(F)(F)F)CC1. The van der Waals surface area contributed by atoms with Crippen LogP contribution in [-0.2, 0) is 0 Å². The maximum atomic E-state index is 12.5. The van der Waals surface area contributed by atoms with Crippen LogP contribution in [0.1, 0.15) is 16.8 Å². The van der Waals surface area contributed by atoms with Gasteiger partial charge in [-0.1, -0.05) is 17.7 Å². The summed E-state index contributed by atoms with van der Waals surface area (Å²) in [4.78, 5) is 17.2. The van der Waals surface area contributed by atoms with E-state index >= 15 is 0 Å². The van der Waals surface area contributed by atoms with Gasteiger partial charge in [0.25, 0.3) is 5.91 Å². The minimum Gasteiger partial charge on any atom is -0.335 e. The van der Waals surface area contributed by atoms with Crippen LogP contribution in [0.5, 0.6) is 0 Å². The fourth-order valence-electron chi connectivity index (χ4n) is 1.83. The minimum absolute atomic E-state index is 0.0306. The molecule has 0 bridgehead atoms. The number of amides is 1. The Morgan fingerprint density at radius 3 is 2.68 bits per heavy atom. The van der Waals surface area contributed by atoms with E-state index in [1.54, 1.807) is 0 Å². The molecule has 2 heterocycles. The first-order chi connectivity index (χ1) is 8.89. The molecule has 1 aromatic rings. The molecule has 3 nitrogen and oxygen atoms in total. The molecule has 2 rings (SSSR count). The van der Waals surface area contributed by atoms with Gasteiger partial charge in [-0.05, 0) is 12.5 Å². The molecule has 1 aliphatic rings. The number of hydrogen-bond donors (Lipinski definition) is 0. The van der Waals surface area contributed by atoms with Crippen molar-refractivity contribution in [2.24, 2.45) is 0 Å². The van der Waals surface area contributed by atoms with E-state index in [0.717, 1.165) is 6.08 Å². The Morgan fingerprint density at radius 1 is 1.42 bits per heavy atom. The van der Waals surface area contributed by atoms with Gasteiger partial charge in [0.1, 0.15) is 0 Å². The normalized spacial score (nSPS) is 16.2. The molecule has 7 heteroatoms. The van der Waals surface area contributed by atoms with Gasteiger partial charge in [0.2, 0.25) is 0 Å². The molecule has 0 atom stereocenters. The van der Waals surface area contributed by atoms with Crippen LogP contribution in [0.4, 0.5) is 13.2 Å². The lowest BCUT2D eigenvalue weighted by Crippen LogP contribution is -2.36. The van der Waals surface area contributed by atoms with Crippen molar-refractivity contribution in [3.63, 3.8) is 0 Å². The third kappa shape index (κ3) is 3.07. The van der Waals surface area contributed by atoms with E-state index < -0.39 is 11.7 Å². The van der Waals surface area contributed by atoms with Crippen molar-refractivity contribution in [3.05, 3.63) is 40.7 Å². The van der Waals surface area contributed by atoms with E-state index in [4.69, 9.17) is 11.6 Å². The second-order valence-electron chi connectivity index (χ2n) is 4.08. The molecule has 0 saturated heterocycles. The average Bonchev–Trinajstić information content (AvgIpc) is 2.38. The molecule has 0 unspecified atom stereocenters. The predicted octanol–water partition coefficient (Wildman–Crippen LogP) is 3.07. The van der Waals surface area contributed by atoms with Gasteiger partial charge in [0.15, 0.2) is 0 Å². The van der Waals surface area contributed by atoms with E-state index in [0.29, 0.717) is 0 Å². The third-order valence-corrected chi connectivity index (χ3v) is 3.16. The molecule has 0 N–H and O–H groups in total. The van der Waals surface area contributed by atoms with Crippen LogP contribution in [0.25, 0.3) is 0 Å². The smallest absolute Gasteiger partial charge is 0.335 e.